The quantitative estimate of drug-likeness (QED) is 0.575. The highest BCUT2D eigenvalue weighted by molar-refractivity contribution is 6.30. The van der Waals surface area contributed by atoms with E-state index in [0.717, 1.165) is 0 Å². The predicted octanol–water partition coefficient (Wildman–Crippen LogP) is 1.98. The van der Waals surface area contributed by atoms with E-state index in [9.17, 15) is 14.4 Å². The van der Waals surface area contributed by atoms with Crippen LogP contribution >= 0.6 is 11.6 Å². The summed E-state index contributed by atoms with van der Waals surface area (Å²) in [4.78, 5) is 35.9. The molecule has 0 spiro atoms. The topological polar surface area (TPSA) is 103 Å². The number of nitrogens with one attached hydrogen (secondary N) is 2. The molecule has 8 nitrogen and oxygen atoms in total. The van der Waals surface area contributed by atoms with Crippen LogP contribution in [0.5, 0.6) is 11.5 Å². The minimum absolute atomic E-state index is 0.0560. The molecule has 0 unspecified atom stereocenters. The molecule has 0 aromatic heterocycles. The van der Waals surface area contributed by atoms with Crippen LogP contribution in [0.3, 0.4) is 0 Å². The molecule has 2 aromatic carbocycles. The second-order valence-electron chi connectivity index (χ2n) is 5.12. The summed E-state index contributed by atoms with van der Waals surface area (Å²) in [7, 11) is 2.79. The third kappa shape index (κ3) is 5.35. The van der Waals surface area contributed by atoms with Crippen LogP contribution in [0.15, 0.2) is 42.5 Å². The Morgan fingerprint density at radius 3 is 2.07 bits per heavy atom. The maximum Gasteiger partial charge on any atom is 0.346 e. The SMILES string of the molecule is COc1cccc(OC)c1C(=O)OCC(=O)NNC(=O)c1ccc(Cl)cc1. The summed E-state index contributed by atoms with van der Waals surface area (Å²) in [5, 5.41) is 0.481. The first-order valence-electron chi connectivity index (χ1n) is 7.69. The maximum absolute atomic E-state index is 12.2. The molecule has 0 bridgehead atoms. The van der Waals surface area contributed by atoms with Crippen molar-refractivity contribution in [1.82, 2.24) is 10.9 Å². The van der Waals surface area contributed by atoms with Crippen LogP contribution in [-0.4, -0.2) is 38.6 Å². The van der Waals surface area contributed by atoms with E-state index in [1.165, 1.54) is 26.4 Å². The number of esters is 1. The Morgan fingerprint density at radius 1 is 0.926 bits per heavy atom. The zero-order valence-electron chi connectivity index (χ0n) is 14.6. The van der Waals surface area contributed by atoms with Crippen molar-refractivity contribution in [2.24, 2.45) is 0 Å². The third-order valence-electron chi connectivity index (χ3n) is 3.39. The highest BCUT2D eigenvalue weighted by Crippen LogP contribution is 2.28. The van der Waals surface area contributed by atoms with E-state index >= 15 is 0 Å². The fraction of sp³-hybridized carbons (Fsp3) is 0.167. The van der Waals surface area contributed by atoms with Gasteiger partial charge in [0, 0.05) is 10.6 Å². The Bertz CT molecular complexity index is 816. The summed E-state index contributed by atoms with van der Waals surface area (Å²) in [6.45, 7) is -0.610. The van der Waals surface area contributed by atoms with Crippen molar-refractivity contribution in [3.05, 3.63) is 58.6 Å². The molecule has 0 fully saturated rings. The number of amides is 2. The molecule has 0 atom stereocenters. The number of carbonyl (C=O) groups excluding carboxylic acids is 3. The average molecular weight is 393 g/mol. The van der Waals surface area contributed by atoms with E-state index in [0.29, 0.717) is 10.6 Å². The Hall–Kier alpha value is -3.26. The monoisotopic (exact) mass is 392 g/mol. The fourth-order valence-electron chi connectivity index (χ4n) is 2.09. The molecule has 0 radical (unpaired) electrons. The molecule has 2 aromatic rings. The number of hydrogen-bond acceptors (Lipinski definition) is 6. The smallest absolute Gasteiger partial charge is 0.346 e. The lowest BCUT2D eigenvalue weighted by atomic mass is 10.2. The molecule has 27 heavy (non-hydrogen) atoms. The van der Waals surface area contributed by atoms with Gasteiger partial charge in [0.1, 0.15) is 17.1 Å². The van der Waals surface area contributed by atoms with Crippen LogP contribution < -0.4 is 20.3 Å². The maximum atomic E-state index is 12.2. The Kier molecular flexibility index (Phi) is 7.01. The standard InChI is InChI=1S/C18H17ClN2O6/c1-25-13-4-3-5-14(26-2)16(13)18(24)27-10-15(22)20-21-17(23)11-6-8-12(19)9-7-11/h3-9H,10H2,1-2H3,(H,20,22)(H,21,23). The van der Waals surface area contributed by atoms with Crippen molar-refractivity contribution in [3.8, 4) is 11.5 Å². The molecule has 142 valence electrons. The zero-order chi connectivity index (χ0) is 19.8. The lowest BCUT2D eigenvalue weighted by Gasteiger charge is -2.12. The number of halogens is 1. The van der Waals surface area contributed by atoms with Crippen LogP contribution in [0.1, 0.15) is 20.7 Å². The van der Waals surface area contributed by atoms with Gasteiger partial charge in [0.2, 0.25) is 0 Å². The van der Waals surface area contributed by atoms with Crippen molar-refractivity contribution >= 4 is 29.4 Å². The number of benzene rings is 2. The molecule has 2 amide bonds. The first-order valence-corrected chi connectivity index (χ1v) is 8.07. The van der Waals surface area contributed by atoms with Gasteiger partial charge in [-0.3, -0.25) is 20.4 Å². The minimum Gasteiger partial charge on any atom is -0.496 e. The number of methoxy groups -OCH3 is 2. The van der Waals surface area contributed by atoms with E-state index in [2.05, 4.69) is 10.9 Å². The van der Waals surface area contributed by atoms with Gasteiger partial charge in [0.25, 0.3) is 11.8 Å². The highest BCUT2D eigenvalue weighted by atomic mass is 35.5. The second-order valence-corrected chi connectivity index (χ2v) is 5.56. The highest BCUT2D eigenvalue weighted by Gasteiger charge is 2.20. The molecule has 0 aliphatic rings. The lowest BCUT2D eigenvalue weighted by Crippen LogP contribution is -2.43. The number of hydrazine groups is 1. The van der Waals surface area contributed by atoms with E-state index in [1.54, 1.807) is 30.3 Å². The van der Waals surface area contributed by atoms with Crippen molar-refractivity contribution in [1.29, 1.82) is 0 Å². The Morgan fingerprint density at radius 2 is 1.52 bits per heavy atom. The van der Waals surface area contributed by atoms with E-state index < -0.39 is 24.4 Å². The normalized spacial score (nSPS) is 9.89. The Labute approximate surface area is 160 Å². The van der Waals surface area contributed by atoms with Gasteiger partial charge in [-0.2, -0.15) is 0 Å². The van der Waals surface area contributed by atoms with Crippen LogP contribution in [0.25, 0.3) is 0 Å². The summed E-state index contributed by atoms with van der Waals surface area (Å²) in [5.41, 5.74) is 4.71. The summed E-state index contributed by atoms with van der Waals surface area (Å²) >= 11 is 5.74. The number of carbonyl (C=O) groups is 3. The third-order valence-corrected chi connectivity index (χ3v) is 3.64. The summed E-state index contributed by atoms with van der Waals surface area (Å²) in [6, 6.07) is 10.8. The van der Waals surface area contributed by atoms with Gasteiger partial charge in [-0.25, -0.2) is 4.79 Å². The fourth-order valence-corrected chi connectivity index (χ4v) is 2.22. The Balaban J connectivity index is 1.89. The van der Waals surface area contributed by atoms with Crippen LogP contribution in [0.2, 0.25) is 5.02 Å². The molecular formula is C18H17ClN2O6. The summed E-state index contributed by atoms with van der Waals surface area (Å²) < 4.78 is 15.2. The molecule has 0 aliphatic heterocycles. The molecule has 0 saturated heterocycles. The van der Waals surface area contributed by atoms with Gasteiger partial charge in [0.05, 0.1) is 14.2 Å². The molecule has 2 rings (SSSR count). The van der Waals surface area contributed by atoms with Crippen LogP contribution in [0.4, 0.5) is 0 Å². The van der Waals surface area contributed by atoms with Gasteiger partial charge in [-0.05, 0) is 36.4 Å². The minimum atomic E-state index is -0.802. The van der Waals surface area contributed by atoms with Crippen molar-refractivity contribution < 1.29 is 28.6 Å². The number of ether oxygens (including phenoxy) is 3. The van der Waals surface area contributed by atoms with E-state index in [-0.39, 0.29) is 17.1 Å². The molecule has 0 heterocycles. The molecule has 9 heteroatoms. The van der Waals surface area contributed by atoms with Crippen LogP contribution in [-0.2, 0) is 9.53 Å². The number of rotatable bonds is 6. The van der Waals surface area contributed by atoms with Crippen molar-refractivity contribution in [2.45, 2.75) is 0 Å². The van der Waals surface area contributed by atoms with Gasteiger partial charge in [0.15, 0.2) is 6.61 Å². The predicted molar refractivity (Wildman–Crippen MR) is 96.9 cm³/mol. The summed E-state index contributed by atoms with van der Waals surface area (Å²) in [6.07, 6.45) is 0. The molecule has 0 aliphatic carbocycles. The van der Waals surface area contributed by atoms with Crippen molar-refractivity contribution in [2.75, 3.05) is 20.8 Å². The van der Waals surface area contributed by atoms with Crippen LogP contribution in [0, 0.1) is 0 Å². The lowest BCUT2D eigenvalue weighted by molar-refractivity contribution is -0.125. The van der Waals surface area contributed by atoms with Gasteiger partial charge in [-0.1, -0.05) is 17.7 Å². The zero-order valence-corrected chi connectivity index (χ0v) is 15.3. The van der Waals surface area contributed by atoms with E-state index in [4.69, 9.17) is 25.8 Å². The second kappa shape index (κ2) is 9.44. The van der Waals surface area contributed by atoms with Crippen molar-refractivity contribution in [3.63, 3.8) is 0 Å². The largest absolute Gasteiger partial charge is 0.496 e. The van der Waals surface area contributed by atoms with Gasteiger partial charge in [-0.15, -0.1) is 0 Å². The summed E-state index contributed by atoms with van der Waals surface area (Å²) in [5.74, 6) is -1.58. The molecule has 2 N–H and O–H groups in total. The first-order chi connectivity index (χ1) is 13.0. The molecular weight excluding hydrogens is 376 g/mol. The average Bonchev–Trinajstić information content (AvgIpc) is 2.69. The number of hydrogen-bond donors (Lipinski definition) is 2. The molecule has 0 saturated carbocycles. The van der Waals surface area contributed by atoms with Gasteiger partial charge >= 0.3 is 5.97 Å². The first kappa shape index (κ1) is 20.1. The van der Waals surface area contributed by atoms with E-state index in [1.807, 2.05) is 0 Å². The van der Waals surface area contributed by atoms with Gasteiger partial charge < -0.3 is 14.2 Å².